The van der Waals surface area contributed by atoms with Gasteiger partial charge in [0.25, 0.3) is 0 Å². The molecule has 2 amide bonds. The van der Waals surface area contributed by atoms with Crippen molar-refractivity contribution >= 4 is 17.5 Å². The largest absolute Gasteiger partial charge is 0.353 e. The van der Waals surface area contributed by atoms with E-state index in [4.69, 9.17) is 0 Å². The topological polar surface area (TPSA) is 79.2 Å². The van der Waals surface area contributed by atoms with E-state index >= 15 is 0 Å². The molecular formula is C20H23N7O. The molecule has 0 atom stereocenters. The third-order valence-electron chi connectivity index (χ3n) is 4.75. The molecule has 3 heterocycles. The zero-order valence-corrected chi connectivity index (χ0v) is 15.8. The lowest BCUT2D eigenvalue weighted by Crippen LogP contribution is -2.50. The molecule has 1 aromatic carbocycles. The summed E-state index contributed by atoms with van der Waals surface area (Å²) in [5, 5.41) is 7.12. The van der Waals surface area contributed by atoms with Crippen molar-refractivity contribution in [2.24, 2.45) is 0 Å². The first-order chi connectivity index (χ1) is 13.7. The molecule has 1 aliphatic rings. The van der Waals surface area contributed by atoms with Gasteiger partial charge in [0.2, 0.25) is 0 Å². The molecule has 8 heteroatoms. The zero-order valence-electron chi connectivity index (χ0n) is 15.8. The van der Waals surface area contributed by atoms with Gasteiger partial charge in [0.1, 0.15) is 18.5 Å². The van der Waals surface area contributed by atoms with Crippen molar-refractivity contribution in [3.05, 3.63) is 66.4 Å². The first-order valence-corrected chi connectivity index (χ1v) is 9.33. The summed E-state index contributed by atoms with van der Waals surface area (Å²) in [5.41, 5.74) is 2.84. The number of rotatable bonds is 4. The number of nitrogens with one attached hydrogen (secondary N) is 1. The number of aryl methyl sites for hydroxylation is 1. The van der Waals surface area contributed by atoms with E-state index in [1.165, 1.54) is 6.33 Å². The number of urea groups is 1. The van der Waals surface area contributed by atoms with Gasteiger partial charge in [-0.25, -0.2) is 19.4 Å². The summed E-state index contributed by atoms with van der Waals surface area (Å²) in [6.45, 7) is 5.49. The van der Waals surface area contributed by atoms with Gasteiger partial charge in [0, 0.05) is 37.6 Å². The smallest absolute Gasteiger partial charge is 0.321 e. The van der Waals surface area contributed by atoms with Crippen LogP contribution in [0.15, 0.2) is 55.1 Å². The minimum Gasteiger partial charge on any atom is -0.353 e. The van der Waals surface area contributed by atoms with Crippen molar-refractivity contribution in [3.63, 3.8) is 0 Å². The lowest BCUT2D eigenvalue weighted by molar-refractivity contribution is 0.208. The molecule has 8 nitrogen and oxygen atoms in total. The molecule has 2 aromatic heterocycles. The Labute approximate surface area is 163 Å². The van der Waals surface area contributed by atoms with E-state index in [0.29, 0.717) is 19.6 Å². The van der Waals surface area contributed by atoms with E-state index in [2.05, 4.69) is 25.3 Å². The summed E-state index contributed by atoms with van der Waals surface area (Å²) in [6.07, 6.45) is 3.19. The lowest BCUT2D eigenvalue weighted by atomic mass is 10.2. The number of benzene rings is 1. The second-order valence-corrected chi connectivity index (χ2v) is 6.83. The quantitative estimate of drug-likeness (QED) is 0.755. The Kier molecular flexibility index (Phi) is 5.18. The van der Waals surface area contributed by atoms with Crippen molar-refractivity contribution < 1.29 is 4.79 Å². The second-order valence-electron chi connectivity index (χ2n) is 6.83. The van der Waals surface area contributed by atoms with E-state index in [0.717, 1.165) is 35.9 Å². The average Bonchev–Trinajstić information content (AvgIpc) is 3.21. The molecule has 0 unspecified atom stereocenters. The van der Waals surface area contributed by atoms with E-state index in [1.807, 2.05) is 54.3 Å². The predicted octanol–water partition coefficient (Wildman–Crippen LogP) is 2.38. The van der Waals surface area contributed by atoms with Crippen LogP contribution in [0.25, 0.3) is 0 Å². The fourth-order valence-electron chi connectivity index (χ4n) is 3.29. The highest BCUT2D eigenvalue weighted by Gasteiger charge is 2.22. The van der Waals surface area contributed by atoms with Crippen LogP contribution in [0.1, 0.15) is 11.3 Å². The molecule has 1 saturated heterocycles. The average molecular weight is 377 g/mol. The summed E-state index contributed by atoms with van der Waals surface area (Å²) >= 11 is 0. The number of anilines is 2. The molecule has 0 spiro atoms. The van der Waals surface area contributed by atoms with Gasteiger partial charge in [-0.05, 0) is 36.8 Å². The molecule has 4 rings (SSSR count). The highest BCUT2D eigenvalue weighted by atomic mass is 16.2. The van der Waals surface area contributed by atoms with Crippen LogP contribution in [0.4, 0.5) is 16.3 Å². The van der Waals surface area contributed by atoms with Crippen molar-refractivity contribution in [3.8, 4) is 0 Å². The van der Waals surface area contributed by atoms with Gasteiger partial charge in [0.05, 0.1) is 6.54 Å². The minimum absolute atomic E-state index is 0.0743. The van der Waals surface area contributed by atoms with E-state index in [-0.39, 0.29) is 6.03 Å². The summed E-state index contributed by atoms with van der Waals surface area (Å²) in [4.78, 5) is 25.2. The highest BCUT2D eigenvalue weighted by molar-refractivity contribution is 5.89. The first-order valence-electron chi connectivity index (χ1n) is 9.33. The van der Waals surface area contributed by atoms with Crippen LogP contribution in [-0.2, 0) is 6.54 Å². The number of carbonyl (C=O) groups is 1. The third-order valence-corrected chi connectivity index (χ3v) is 4.75. The maximum Gasteiger partial charge on any atom is 0.321 e. The predicted molar refractivity (Wildman–Crippen MR) is 107 cm³/mol. The molecule has 1 fully saturated rings. The Morgan fingerprint density at radius 3 is 2.68 bits per heavy atom. The Bertz CT molecular complexity index is 933. The van der Waals surface area contributed by atoms with E-state index in [1.54, 1.807) is 11.0 Å². The standard InChI is InChI=1S/C20H23N7O/c1-16-4-2-7-19(23-16)25-8-10-26(11-9-25)20(28)24-18-6-3-5-17(12-18)13-27-15-21-14-22-27/h2-7,12,14-15H,8-11,13H2,1H3,(H,24,28). The number of hydrogen-bond acceptors (Lipinski definition) is 5. The monoisotopic (exact) mass is 377 g/mol. The molecular weight excluding hydrogens is 354 g/mol. The van der Waals surface area contributed by atoms with Gasteiger partial charge in [-0.1, -0.05) is 18.2 Å². The number of amides is 2. The number of pyridine rings is 1. The molecule has 0 bridgehead atoms. The Morgan fingerprint density at radius 1 is 1.11 bits per heavy atom. The molecule has 0 saturated carbocycles. The van der Waals surface area contributed by atoms with Crippen LogP contribution < -0.4 is 10.2 Å². The number of hydrogen-bond donors (Lipinski definition) is 1. The van der Waals surface area contributed by atoms with Gasteiger partial charge in [-0.2, -0.15) is 5.10 Å². The summed E-state index contributed by atoms with van der Waals surface area (Å²) < 4.78 is 1.75. The number of piperazine rings is 1. The van der Waals surface area contributed by atoms with Crippen LogP contribution in [0, 0.1) is 6.92 Å². The van der Waals surface area contributed by atoms with Crippen LogP contribution in [0.3, 0.4) is 0 Å². The van der Waals surface area contributed by atoms with Crippen molar-refractivity contribution in [2.45, 2.75) is 13.5 Å². The number of nitrogens with zero attached hydrogens (tertiary/aromatic N) is 6. The van der Waals surface area contributed by atoms with Crippen LogP contribution in [0.2, 0.25) is 0 Å². The van der Waals surface area contributed by atoms with Gasteiger partial charge in [0.15, 0.2) is 0 Å². The summed E-state index contributed by atoms with van der Waals surface area (Å²) in [6, 6.07) is 13.8. The molecule has 144 valence electrons. The van der Waals surface area contributed by atoms with Gasteiger partial charge in [-0.3, -0.25) is 0 Å². The Balaban J connectivity index is 1.33. The normalized spacial score (nSPS) is 14.2. The Morgan fingerprint density at radius 2 is 1.93 bits per heavy atom. The Hall–Kier alpha value is -3.42. The lowest BCUT2D eigenvalue weighted by Gasteiger charge is -2.35. The molecule has 28 heavy (non-hydrogen) atoms. The minimum atomic E-state index is -0.0743. The zero-order chi connectivity index (χ0) is 19.3. The molecule has 3 aromatic rings. The first kappa shape index (κ1) is 18.0. The van der Waals surface area contributed by atoms with E-state index < -0.39 is 0 Å². The van der Waals surface area contributed by atoms with Gasteiger partial charge < -0.3 is 15.1 Å². The summed E-state index contributed by atoms with van der Waals surface area (Å²) in [5.74, 6) is 0.973. The maximum atomic E-state index is 12.6. The number of aromatic nitrogens is 4. The van der Waals surface area contributed by atoms with Gasteiger partial charge in [-0.15, -0.1) is 0 Å². The molecule has 1 aliphatic heterocycles. The SMILES string of the molecule is Cc1cccc(N2CCN(C(=O)Nc3cccc(Cn4cncn4)c3)CC2)n1. The fraction of sp³-hybridized carbons (Fsp3) is 0.300. The number of carbonyl (C=O) groups excluding carboxylic acids is 1. The highest BCUT2D eigenvalue weighted by Crippen LogP contribution is 2.16. The molecule has 1 N–H and O–H groups in total. The van der Waals surface area contributed by atoms with Crippen molar-refractivity contribution in [1.82, 2.24) is 24.6 Å². The van der Waals surface area contributed by atoms with Crippen LogP contribution >= 0.6 is 0 Å². The third kappa shape index (κ3) is 4.28. The second kappa shape index (κ2) is 8.08. The van der Waals surface area contributed by atoms with Crippen molar-refractivity contribution in [2.75, 3.05) is 36.4 Å². The summed E-state index contributed by atoms with van der Waals surface area (Å²) in [7, 11) is 0. The van der Waals surface area contributed by atoms with E-state index in [9.17, 15) is 4.79 Å². The van der Waals surface area contributed by atoms with Crippen LogP contribution in [-0.4, -0.2) is 56.9 Å². The van der Waals surface area contributed by atoms with Crippen LogP contribution in [0.5, 0.6) is 0 Å². The fourth-order valence-corrected chi connectivity index (χ4v) is 3.29. The molecule has 0 radical (unpaired) electrons. The van der Waals surface area contributed by atoms with Gasteiger partial charge >= 0.3 is 6.03 Å². The molecule has 0 aliphatic carbocycles. The maximum absolute atomic E-state index is 12.6. The van der Waals surface area contributed by atoms with Crippen molar-refractivity contribution in [1.29, 1.82) is 0 Å².